The average Bonchev–Trinajstić information content (AvgIpc) is 2.83. The molecule has 2 unspecified atom stereocenters. The van der Waals surface area contributed by atoms with Crippen molar-refractivity contribution in [2.45, 2.75) is 26.0 Å². The van der Waals surface area contributed by atoms with E-state index >= 15 is 0 Å². The zero-order valence-electron chi connectivity index (χ0n) is 10.8. The molecule has 1 aromatic carbocycles. The zero-order chi connectivity index (χ0) is 13.0. The van der Waals surface area contributed by atoms with Crippen LogP contribution in [-0.4, -0.2) is 6.61 Å². The summed E-state index contributed by atoms with van der Waals surface area (Å²) in [6.45, 7) is 4.76. The van der Waals surface area contributed by atoms with Gasteiger partial charge in [0.25, 0.3) is 0 Å². The fraction of sp³-hybridized carbons (Fsp3) is 0.333. The van der Waals surface area contributed by atoms with Crippen molar-refractivity contribution in [1.29, 1.82) is 0 Å². The molecule has 2 nitrogen and oxygen atoms in total. The van der Waals surface area contributed by atoms with Crippen molar-refractivity contribution < 1.29 is 4.74 Å². The molecule has 3 heteroatoms. The predicted molar refractivity (Wildman–Crippen MR) is 76.8 cm³/mol. The third-order valence-electron chi connectivity index (χ3n) is 2.94. The summed E-state index contributed by atoms with van der Waals surface area (Å²) in [6, 6.07) is 12.2. The van der Waals surface area contributed by atoms with Crippen molar-refractivity contribution in [3.63, 3.8) is 0 Å². The third kappa shape index (κ3) is 2.99. The molecule has 0 spiro atoms. The molecule has 0 saturated heterocycles. The minimum atomic E-state index is -0.114. The van der Waals surface area contributed by atoms with Gasteiger partial charge in [-0.05, 0) is 36.4 Å². The van der Waals surface area contributed by atoms with Gasteiger partial charge in [-0.3, -0.25) is 0 Å². The minimum Gasteiger partial charge on any atom is -0.372 e. The molecular weight excluding hydrogens is 242 g/mol. The summed E-state index contributed by atoms with van der Waals surface area (Å²) in [4.78, 5) is 1.28. The van der Waals surface area contributed by atoms with Crippen molar-refractivity contribution >= 4 is 11.3 Å². The smallest absolute Gasteiger partial charge is 0.102 e. The summed E-state index contributed by atoms with van der Waals surface area (Å²) in [5.74, 6) is 0. The van der Waals surface area contributed by atoms with Gasteiger partial charge in [-0.15, -0.1) is 11.3 Å². The lowest BCUT2D eigenvalue weighted by molar-refractivity contribution is 0.0430. The molecule has 0 fully saturated rings. The number of aryl methyl sites for hydroxylation is 1. The van der Waals surface area contributed by atoms with Gasteiger partial charge in [0.15, 0.2) is 0 Å². The van der Waals surface area contributed by atoms with Gasteiger partial charge in [-0.25, -0.2) is 0 Å². The fourth-order valence-electron chi connectivity index (χ4n) is 2.04. The molecule has 0 aliphatic carbocycles. The van der Waals surface area contributed by atoms with Crippen LogP contribution in [0, 0.1) is 6.92 Å². The Kier molecular flexibility index (Phi) is 4.53. The van der Waals surface area contributed by atoms with Gasteiger partial charge in [0.1, 0.15) is 6.10 Å². The van der Waals surface area contributed by atoms with E-state index in [0.717, 1.165) is 11.1 Å². The summed E-state index contributed by atoms with van der Waals surface area (Å²) >= 11 is 1.73. The van der Waals surface area contributed by atoms with Crippen molar-refractivity contribution in [2.24, 2.45) is 5.73 Å². The summed E-state index contributed by atoms with van der Waals surface area (Å²) in [6.07, 6.45) is -0.0785. The first-order chi connectivity index (χ1) is 8.72. The van der Waals surface area contributed by atoms with Crippen LogP contribution < -0.4 is 5.73 Å². The Morgan fingerprint density at radius 1 is 1.22 bits per heavy atom. The number of benzene rings is 1. The summed E-state index contributed by atoms with van der Waals surface area (Å²) < 4.78 is 5.83. The van der Waals surface area contributed by atoms with Crippen molar-refractivity contribution in [2.75, 3.05) is 6.61 Å². The first kappa shape index (κ1) is 13.3. The minimum absolute atomic E-state index is 0.0785. The summed E-state index contributed by atoms with van der Waals surface area (Å²) in [5.41, 5.74) is 8.64. The second kappa shape index (κ2) is 6.14. The number of hydrogen-bond donors (Lipinski definition) is 1. The highest BCUT2D eigenvalue weighted by Crippen LogP contribution is 2.32. The molecule has 2 rings (SSSR count). The van der Waals surface area contributed by atoms with E-state index < -0.39 is 0 Å². The van der Waals surface area contributed by atoms with E-state index in [1.165, 1.54) is 4.88 Å². The van der Waals surface area contributed by atoms with E-state index in [4.69, 9.17) is 10.5 Å². The van der Waals surface area contributed by atoms with Crippen LogP contribution in [0.2, 0.25) is 0 Å². The van der Waals surface area contributed by atoms with Crippen LogP contribution in [-0.2, 0) is 4.74 Å². The molecule has 0 bridgehead atoms. The summed E-state index contributed by atoms with van der Waals surface area (Å²) in [5, 5.41) is 2.12. The molecule has 2 N–H and O–H groups in total. The molecule has 0 amide bonds. The highest BCUT2D eigenvalue weighted by molar-refractivity contribution is 7.10. The molecule has 2 atom stereocenters. The largest absolute Gasteiger partial charge is 0.372 e. The predicted octanol–water partition coefficient (Wildman–Crippen LogP) is 3.83. The number of ether oxygens (including phenoxy) is 1. The van der Waals surface area contributed by atoms with Crippen LogP contribution in [0.4, 0.5) is 0 Å². The Morgan fingerprint density at radius 3 is 2.50 bits per heavy atom. The fourth-order valence-corrected chi connectivity index (χ4v) is 2.79. The molecule has 0 radical (unpaired) electrons. The monoisotopic (exact) mass is 261 g/mol. The Labute approximate surface area is 112 Å². The average molecular weight is 261 g/mol. The second-order valence-electron chi connectivity index (χ2n) is 4.30. The number of hydrogen-bond acceptors (Lipinski definition) is 3. The molecule has 18 heavy (non-hydrogen) atoms. The number of rotatable bonds is 5. The highest BCUT2D eigenvalue weighted by atomic mass is 32.1. The van der Waals surface area contributed by atoms with Crippen LogP contribution in [0.1, 0.15) is 35.1 Å². The first-order valence-electron chi connectivity index (χ1n) is 6.19. The number of nitrogens with two attached hydrogens (primary N) is 1. The molecule has 0 aliphatic heterocycles. The molecule has 96 valence electrons. The van der Waals surface area contributed by atoms with E-state index in [1.54, 1.807) is 11.3 Å². The van der Waals surface area contributed by atoms with Crippen LogP contribution in [0.15, 0.2) is 41.8 Å². The van der Waals surface area contributed by atoms with E-state index in [9.17, 15) is 0 Å². The van der Waals surface area contributed by atoms with Gasteiger partial charge in [0.05, 0.1) is 6.04 Å². The Morgan fingerprint density at radius 2 is 1.94 bits per heavy atom. The molecule has 1 heterocycles. The van der Waals surface area contributed by atoms with Gasteiger partial charge in [0, 0.05) is 11.5 Å². The number of thiophene rings is 1. The molecule has 0 saturated carbocycles. The lowest BCUT2D eigenvalue weighted by Crippen LogP contribution is -2.21. The molecule has 1 aromatic heterocycles. The first-order valence-corrected chi connectivity index (χ1v) is 7.07. The van der Waals surface area contributed by atoms with Crippen LogP contribution >= 0.6 is 11.3 Å². The lowest BCUT2D eigenvalue weighted by atomic mass is 9.98. The molecule has 0 aliphatic rings. The van der Waals surface area contributed by atoms with E-state index in [1.807, 2.05) is 25.1 Å². The Balaban J connectivity index is 2.25. The quantitative estimate of drug-likeness (QED) is 0.887. The van der Waals surface area contributed by atoms with Crippen LogP contribution in [0.5, 0.6) is 0 Å². The maximum Gasteiger partial charge on any atom is 0.102 e. The van der Waals surface area contributed by atoms with E-state index in [0.29, 0.717) is 6.61 Å². The van der Waals surface area contributed by atoms with Gasteiger partial charge in [-0.2, -0.15) is 0 Å². The zero-order valence-corrected chi connectivity index (χ0v) is 11.6. The van der Waals surface area contributed by atoms with E-state index in [-0.39, 0.29) is 12.1 Å². The van der Waals surface area contributed by atoms with Gasteiger partial charge in [0.2, 0.25) is 0 Å². The maximum atomic E-state index is 6.35. The van der Waals surface area contributed by atoms with Crippen LogP contribution in [0.3, 0.4) is 0 Å². The van der Waals surface area contributed by atoms with Gasteiger partial charge >= 0.3 is 0 Å². The van der Waals surface area contributed by atoms with Gasteiger partial charge in [-0.1, -0.05) is 30.3 Å². The molecular formula is C15H19NOS. The van der Waals surface area contributed by atoms with Gasteiger partial charge < -0.3 is 10.5 Å². The van der Waals surface area contributed by atoms with Crippen molar-refractivity contribution in [3.05, 3.63) is 57.8 Å². The second-order valence-corrected chi connectivity index (χ2v) is 5.42. The standard InChI is InChI=1S/C15H19NOS/c1-3-17-15(12-7-5-4-6-8-12)14(16)13-9-11(2)18-10-13/h4-10,14-15H,3,16H2,1-2H3. The van der Waals surface area contributed by atoms with Crippen molar-refractivity contribution in [3.8, 4) is 0 Å². The third-order valence-corrected chi connectivity index (χ3v) is 3.82. The molecule has 2 aromatic rings. The SMILES string of the molecule is CCOC(c1ccccc1)C(N)c1csc(C)c1. The van der Waals surface area contributed by atoms with Crippen LogP contribution in [0.25, 0.3) is 0 Å². The topological polar surface area (TPSA) is 35.2 Å². The Hall–Kier alpha value is -1.16. The van der Waals surface area contributed by atoms with Crippen molar-refractivity contribution in [1.82, 2.24) is 0 Å². The lowest BCUT2D eigenvalue weighted by Gasteiger charge is -2.23. The summed E-state index contributed by atoms with van der Waals surface area (Å²) in [7, 11) is 0. The Bertz CT molecular complexity index is 480. The van der Waals surface area contributed by atoms with E-state index in [2.05, 4.69) is 30.5 Å². The highest BCUT2D eigenvalue weighted by Gasteiger charge is 2.22. The maximum absolute atomic E-state index is 6.35. The normalized spacial score (nSPS) is 14.4.